The number of nitrogen functional groups attached to an aromatic ring is 1. The molecule has 1 heterocycles. The number of nitrogens with one attached hydrogen (secondary N) is 1. The van der Waals surface area contributed by atoms with Gasteiger partial charge in [-0.15, -0.1) is 0 Å². The summed E-state index contributed by atoms with van der Waals surface area (Å²) in [5.41, 5.74) is 9.36. The van der Waals surface area contributed by atoms with E-state index in [2.05, 4.69) is 5.32 Å². The zero-order chi connectivity index (χ0) is 13.1. The minimum Gasteiger partial charge on any atom is -0.397 e. The molecule has 0 saturated carbocycles. The molecule has 0 aromatic heterocycles. The Bertz CT molecular complexity index is 451. The molecule has 1 aliphatic rings. The molecule has 2 rings (SSSR count). The Hall–Kier alpha value is -1.55. The third-order valence-corrected chi connectivity index (χ3v) is 3.49. The van der Waals surface area contributed by atoms with Crippen molar-refractivity contribution in [3.05, 3.63) is 23.3 Å². The summed E-state index contributed by atoms with van der Waals surface area (Å²) in [4.78, 5) is 12.1. The van der Waals surface area contributed by atoms with Crippen LogP contribution >= 0.6 is 0 Å². The Labute approximate surface area is 108 Å². The zero-order valence-corrected chi connectivity index (χ0v) is 11.0. The lowest BCUT2D eigenvalue weighted by molar-refractivity contribution is -0.129. The standard InChI is InChI=1S/C14H20N2O2/c1-9-6-7-11(15)13(10(9)2)16-14(17)12-5-3-4-8-18-12/h6-7,12H,3-5,8,15H2,1-2H3,(H,16,17). The molecular weight excluding hydrogens is 228 g/mol. The highest BCUT2D eigenvalue weighted by Crippen LogP contribution is 2.26. The minimum absolute atomic E-state index is 0.0879. The number of aryl methyl sites for hydroxylation is 1. The van der Waals surface area contributed by atoms with E-state index in [-0.39, 0.29) is 12.0 Å². The first-order valence-electron chi connectivity index (χ1n) is 6.37. The molecule has 98 valence electrons. The van der Waals surface area contributed by atoms with Gasteiger partial charge in [-0.25, -0.2) is 0 Å². The molecule has 4 heteroatoms. The molecule has 3 N–H and O–H groups in total. The molecule has 4 nitrogen and oxygen atoms in total. The zero-order valence-electron chi connectivity index (χ0n) is 11.0. The number of carbonyl (C=O) groups is 1. The Morgan fingerprint density at radius 3 is 2.83 bits per heavy atom. The molecule has 1 unspecified atom stereocenters. The van der Waals surface area contributed by atoms with E-state index in [4.69, 9.17) is 10.5 Å². The van der Waals surface area contributed by atoms with Gasteiger partial charge in [-0.05, 0) is 50.3 Å². The molecular formula is C14H20N2O2. The summed E-state index contributed by atoms with van der Waals surface area (Å²) in [5, 5.41) is 2.90. The van der Waals surface area contributed by atoms with E-state index in [0.29, 0.717) is 18.0 Å². The number of ether oxygens (including phenoxy) is 1. The summed E-state index contributed by atoms with van der Waals surface area (Å²) < 4.78 is 5.47. The molecule has 1 aliphatic heterocycles. The summed E-state index contributed by atoms with van der Waals surface area (Å²) in [7, 11) is 0. The van der Waals surface area contributed by atoms with Gasteiger partial charge in [0.2, 0.25) is 0 Å². The van der Waals surface area contributed by atoms with Crippen LogP contribution < -0.4 is 11.1 Å². The Balaban J connectivity index is 2.13. The van der Waals surface area contributed by atoms with Crippen LogP contribution in [-0.2, 0) is 9.53 Å². The Morgan fingerprint density at radius 2 is 2.17 bits per heavy atom. The molecule has 0 bridgehead atoms. The van der Waals surface area contributed by atoms with E-state index in [1.807, 2.05) is 26.0 Å². The van der Waals surface area contributed by atoms with E-state index in [1.54, 1.807) is 0 Å². The normalized spacial score (nSPS) is 19.6. The Kier molecular flexibility index (Phi) is 3.87. The van der Waals surface area contributed by atoms with Crippen molar-refractivity contribution in [1.82, 2.24) is 0 Å². The number of rotatable bonds is 2. The van der Waals surface area contributed by atoms with Gasteiger partial charge in [0.15, 0.2) is 0 Å². The second-order valence-electron chi connectivity index (χ2n) is 4.82. The van der Waals surface area contributed by atoms with Crippen LogP contribution in [0, 0.1) is 13.8 Å². The van der Waals surface area contributed by atoms with Crippen LogP contribution in [0.25, 0.3) is 0 Å². The van der Waals surface area contributed by atoms with Crippen molar-refractivity contribution in [2.75, 3.05) is 17.7 Å². The summed E-state index contributed by atoms with van der Waals surface area (Å²) >= 11 is 0. The fourth-order valence-corrected chi connectivity index (χ4v) is 2.15. The summed E-state index contributed by atoms with van der Waals surface area (Å²) in [6.45, 7) is 4.63. The lowest BCUT2D eigenvalue weighted by atomic mass is 10.1. The average Bonchev–Trinajstić information content (AvgIpc) is 2.40. The SMILES string of the molecule is Cc1ccc(N)c(NC(=O)C2CCCCO2)c1C. The van der Waals surface area contributed by atoms with Crippen LogP contribution in [0.3, 0.4) is 0 Å². The van der Waals surface area contributed by atoms with Gasteiger partial charge >= 0.3 is 0 Å². The van der Waals surface area contributed by atoms with Crippen molar-refractivity contribution < 1.29 is 9.53 Å². The van der Waals surface area contributed by atoms with Gasteiger partial charge in [0, 0.05) is 6.61 Å². The van der Waals surface area contributed by atoms with E-state index < -0.39 is 0 Å². The smallest absolute Gasteiger partial charge is 0.253 e. The summed E-state index contributed by atoms with van der Waals surface area (Å²) in [5.74, 6) is -0.0879. The number of anilines is 2. The van der Waals surface area contributed by atoms with Gasteiger partial charge in [0.05, 0.1) is 11.4 Å². The van der Waals surface area contributed by atoms with Crippen molar-refractivity contribution in [2.24, 2.45) is 0 Å². The molecule has 1 aromatic rings. The summed E-state index contributed by atoms with van der Waals surface area (Å²) in [6, 6.07) is 3.77. The highest BCUT2D eigenvalue weighted by Gasteiger charge is 2.23. The van der Waals surface area contributed by atoms with E-state index in [0.717, 1.165) is 30.4 Å². The number of hydrogen-bond acceptors (Lipinski definition) is 3. The first-order chi connectivity index (χ1) is 8.59. The number of carbonyl (C=O) groups excluding carboxylic acids is 1. The maximum atomic E-state index is 12.1. The molecule has 1 fully saturated rings. The van der Waals surface area contributed by atoms with E-state index in [9.17, 15) is 4.79 Å². The lowest BCUT2D eigenvalue weighted by Gasteiger charge is -2.23. The molecule has 0 aliphatic carbocycles. The predicted octanol–water partition coefficient (Wildman–Crippen LogP) is 2.39. The first kappa shape index (κ1) is 12.9. The Morgan fingerprint density at radius 1 is 1.39 bits per heavy atom. The topological polar surface area (TPSA) is 64.3 Å². The highest BCUT2D eigenvalue weighted by atomic mass is 16.5. The molecule has 18 heavy (non-hydrogen) atoms. The second-order valence-corrected chi connectivity index (χ2v) is 4.82. The first-order valence-corrected chi connectivity index (χ1v) is 6.37. The van der Waals surface area contributed by atoms with E-state index >= 15 is 0 Å². The second kappa shape index (κ2) is 5.40. The number of nitrogens with two attached hydrogens (primary N) is 1. The minimum atomic E-state index is -0.335. The van der Waals surface area contributed by atoms with Gasteiger partial charge in [-0.2, -0.15) is 0 Å². The fraction of sp³-hybridized carbons (Fsp3) is 0.500. The van der Waals surface area contributed by atoms with E-state index in [1.165, 1.54) is 0 Å². The van der Waals surface area contributed by atoms with Gasteiger partial charge in [-0.3, -0.25) is 4.79 Å². The number of amides is 1. The number of hydrogen-bond donors (Lipinski definition) is 2. The fourth-order valence-electron chi connectivity index (χ4n) is 2.15. The maximum Gasteiger partial charge on any atom is 0.253 e. The predicted molar refractivity (Wildman–Crippen MR) is 72.5 cm³/mol. The van der Waals surface area contributed by atoms with Crippen LogP contribution in [0.15, 0.2) is 12.1 Å². The van der Waals surface area contributed by atoms with Crippen LogP contribution in [0.4, 0.5) is 11.4 Å². The lowest BCUT2D eigenvalue weighted by Crippen LogP contribution is -2.33. The molecule has 1 saturated heterocycles. The molecule has 0 radical (unpaired) electrons. The van der Waals surface area contributed by atoms with Crippen LogP contribution in [-0.4, -0.2) is 18.6 Å². The van der Waals surface area contributed by atoms with Crippen molar-refractivity contribution in [3.8, 4) is 0 Å². The monoisotopic (exact) mass is 248 g/mol. The average molecular weight is 248 g/mol. The molecule has 0 spiro atoms. The van der Waals surface area contributed by atoms with Gasteiger partial charge in [0.25, 0.3) is 5.91 Å². The van der Waals surface area contributed by atoms with Crippen LogP contribution in [0.5, 0.6) is 0 Å². The molecule has 1 amide bonds. The molecule has 1 aromatic carbocycles. The van der Waals surface area contributed by atoms with Gasteiger partial charge in [0.1, 0.15) is 6.10 Å². The molecule has 1 atom stereocenters. The van der Waals surface area contributed by atoms with Crippen LogP contribution in [0.1, 0.15) is 30.4 Å². The van der Waals surface area contributed by atoms with Crippen molar-refractivity contribution >= 4 is 17.3 Å². The third kappa shape index (κ3) is 2.64. The van der Waals surface area contributed by atoms with Crippen LogP contribution in [0.2, 0.25) is 0 Å². The van der Waals surface area contributed by atoms with Crippen molar-refractivity contribution in [2.45, 2.75) is 39.2 Å². The highest BCUT2D eigenvalue weighted by molar-refractivity contribution is 5.97. The van der Waals surface area contributed by atoms with Gasteiger partial charge < -0.3 is 15.8 Å². The van der Waals surface area contributed by atoms with Crippen molar-refractivity contribution in [1.29, 1.82) is 0 Å². The van der Waals surface area contributed by atoms with Crippen molar-refractivity contribution in [3.63, 3.8) is 0 Å². The maximum absolute atomic E-state index is 12.1. The quantitative estimate of drug-likeness (QED) is 0.790. The third-order valence-electron chi connectivity index (χ3n) is 3.49. The largest absolute Gasteiger partial charge is 0.397 e. The van der Waals surface area contributed by atoms with Gasteiger partial charge in [-0.1, -0.05) is 6.07 Å². The summed E-state index contributed by atoms with van der Waals surface area (Å²) in [6.07, 6.45) is 2.53. The number of benzene rings is 1.